The van der Waals surface area contributed by atoms with E-state index in [9.17, 15) is 9.00 Å². The lowest BCUT2D eigenvalue weighted by Crippen LogP contribution is -2.13. The van der Waals surface area contributed by atoms with Gasteiger partial charge in [0.05, 0.1) is 12.8 Å². The van der Waals surface area contributed by atoms with E-state index in [1.807, 2.05) is 36.2 Å². The van der Waals surface area contributed by atoms with Gasteiger partial charge in [0.2, 0.25) is 11.1 Å². The van der Waals surface area contributed by atoms with E-state index in [-0.39, 0.29) is 0 Å². The van der Waals surface area contributed by atoms with Crippen molar-refractivity contribution in [2.45, 2.75) is 0 Å². The monoisotopic (exact) mass is 359 g/mol. The molecule has 3 aromatic rings. The van der Waals surface area contributed by atoms with E-state index in [0.29, 0.717) is 22.8 Å². The Kier molecular flexibility index (Phi) is 4.76. The number of fused-ring (bicyclic) bond motifs is 1. The Bertz CT molecular complexity index is 998. The Balaban J connectivity index is 2.11. The smallest absolute Gasteiger partial charge is 0.338 e. The molecule has 0 fully saturated rings. The first kappa shape index (κ1) is 17.0. The highest BCUT2D eigenvalue weighted by Gasteiger charge is 2.14. The third-order valence-corrected chi connectivity index (χ3v) is 4.15. The zero-order valence-corrected chi connectivity index (χ0v) is 14.8. The van der Waals surface area contributed by atoms with Crippen molar-refractivity contribution in [2.75, 3.05) is 25.3 Å². The van der Waals surface area contributed by atoms with Crippen LogP contribution < -0.4 is 19.4 Å². The van der Waals surface area contributed by atoms with E-state index < -0.39 is 16.7 Å². The van der Waals surface area contributed by atoms with E-state index in [1.54, 1.807) is 18.2 Å². The number of ether oxygens (including phenoxy) is 1. The summed E-state index contributed by atoms with van der Waals surface area (Å²) in [6, 6.07) is 14.0. The molecular weight excluding hydrogens is 342 g/mol. The first-order valence-corrected chi connectivity index (χ1v) is 8.94. The van der Waals surface area contributed by atoms with Crippen LogP contribution in [-0.2, 0) is 11.1 Å². The summed E-state index contributed by atoms with van der Waals surface area (Å²) in [6.45, 7) is 0. The lowest BCUT2D eigenvalue weighted by Gasteiger charge is -2.21. The predicted octanol–water partition coefficient (Wildman–Crippen LogP) is 3.24. The molecule has 25 heavy (non-hydrogen) atoms. The lowest BCUT2D eigenvalue weighted by atomic mass is 10.1. The molecule has 2 aromatic carbocycles. The standard InChI is InChI=1S/C18H17NO5S/c1-19(12-8-9-16(22-2)17(10-12)24-25(3)21)14-11-18(20)23-15-7-5-4-6-13(14)15/h4-11H,1-3H3. The molecule has 0 bridgehead atoms. The van der Waals surface area contributed by atoms with Crippen LogP contribution in [-0.4, -0.2) is 24.6 Å². The number of benzene rings is 2. The fourth-order valence-corrected chi connectivity index (χ4v) is 2.96. The van der Waals surface area contributed by atoms with E-state index >= 15 is 0 Å². The topological polar surface area (TPSA) is 69.0 Å². The molecule has 0 aliphatic carbocycles. The zero-order valence-electron chi connectivity index (χ0n) is 14.0. The molecule has 0 amide bonds. The van der Waals surface area contributed by atoms with Crippen molar-refractivity contribution in [1.29, 1.82) is 0 Å². The minimum atomic E-state index is -1.48. The fraction of sp³-hybridized carbons (Fsp3) is 0.167. The second-order valence-corrected chi connectivity index (χ2v) is 6.30. The Hall–Kier alpha value is -2.80. The second-order valence-electron chi connectivity index (χ2n) is 5.33. The van der Waals surface area contributed by atoms with Gasteiger partial charge < -0.3 is 18.2 Å². The molecule has 130 valence electrons. The summed E-state index contributed by atoms with van der Waals surface area (Å²) in [5, 5.41) is 0.807. The van der Waals surface area contributed by atoms with Crippen LogP contribution in [0.3, 0.4) is 0 Å². The van der Waals surface area contributed by atoms with Crippen molar-refractivity contribution in [2.24, 2.45) is 0 Å². The molecule has 1 heterocycles. The summed E-state index contributed by atoms with van der Waals surface area (Å²) >= 11 is -1.48. The SMILES string of the molecule is COc1ccc(N(C)c2cc(=O)oc3ccccc23)cc1OS(C)=O. The predicted molar refractivity (Wildman–Crippen MR) is 98.2 cm³/mol. The summed E-state index contributed by atoms with van der Waals surface area (Å²) in [7, 11) is 3.34. The zero-order chi connectivity index (χ0) is 18.0. The van der Waals surface area contributed by atoms with Gasteiger partial charge in [-0.2, -0.15) is 0 Å². The largest absolute Gasteiger partial charge is 0.493 e. The van der Waals surface area contributed by atoms with Gasteiger partial charge in [0.1, 0.15) is 5.58 Å². The van der Waals surface area contributed by atoms with Crippen LogP contribution in [0.25, 0.3) is 11.0 Å². The number of para-hydroxylation sites is 1. The number of nitrogens with zero attached hydrogens (tertiary/aromatic N) is 1. The van der Waals surface area contributed by atoms with Gasteiger partial charge in [-0.15, -0.1) is 0 Å². The maximum Gasteiger partial charge on any atom is 0.338 e. The molecule has 0 aliphatic heterocycles. The molecule has 7 heteroatoms. The fourth-order valence-electron chi connectivity index (χ4n) is 2.58. The molecule has 1 aromatic heterocycles. The average molecular weight is 359 g/mol. The van der Waals surface area contributed by atoms with Gasteiger partial charge >= 0.3 is 5.63 Å². The molecule has 0 N–H and O–H groups in total. The van der Waals surface area contributed by atoms with E-state index in [2.05, 4.69) is 0 Å². The lowest BCUT2D eigenvalue weighted by molar-refractivity contribution is 0.397. The molecule has 0 aliphatic rings. The van der Waals surface area contributed by atoms with Crippen molar-refractivity contribution in [3.05, 3.63) is 59.0 Å². The van der Waals surface area contributed by atoms with Gasteiger partial charge in [-0.1, -0.05) is 12.1 Å². The van der Waals surface area contributed by atoms with Gasteiger partial charge in [-0.25, -0.2) is 9.00 Å². The van der Waals surface area contributed by atoms with Crippen molar-refractivity contribution < 1.29 is 17.5 Å². The number of hydrogen-bond donors (Lipinski definition) is 0. The molecule has 3 rings (SSSR count). The van der Waals surface area contributed by atoms with Gasteiger partial charge in [-0.3, -0.25) is 0 Å². The van der Waals surface area contributed by atoms with Crippen LogP contribution in [0.4, 0.5) is 11.4 Å². The molecule has 1 atom stereocenters. The highest BCUT2D eigenvalue weighted by atomic mass is 32.2. The quantitative estimate of drug-likeness (QED) is 0.652. The normalized spacial score (nSPS) is 12.0. The maximum atomic E-state index is 11.9. The van der Waals surface area contributed by atoms with Gasteiger partial charge in [0.15, 0.2) is 11.5 Å². The number of rotatable bonds is 5. The average Bonchev–Trinajstić information content (AvgIpc) is 2.59. The van der Waals surface area contributed by atoms with Crippen molar-refractivity contribution in [3.8, 4) is 11.5 Å². The first-order valence-electron chi connectivity index (χ1n) is 7.46. The van der Waals surface area contributed by atoms with Crippen LogP contribution in [0.15, 0.2) is 57.7 Å². The number of methoxy groups -OCH3 is 1. The second kappa shape index (κ2) is 6.98. The number of hydrogen-bond acceptors (Lipinski definition) is 6. The van der Waals surface area contributed by atoms with Crippen LogP contribution in [0.2, 0.25) is 0 Å². The molecule has 0 radical (unpaired) electrons. The van der Waals surface area contributed by atoms with Gasteiger partial charge in [0.25, 0.3) is 0 Å². The minimum Gasteiger partial charge on any atom is -0.493 e. The molecule has 0 saturated heterocycles. The Morgan fingerprint density at radius 1 is 1.08 bits per heavy atom. The van der Waals surface area contributed by atoms with Crippen LogP contribution in [0, 0.1) is 0 Å². The summed E-state index contributed by atoms with van der Waals surface area (Å²) in [5.74, 6) is 0.838. The van der Waals surface area contributed by atoms with Crippen LogP contribution in [0.5, 0.6) is 11.5 Å². The van der Waals surface area contributed by atoms with Crippen molar-refractivity contribution in [3.63, 3.8) is 0 Å². The first-order chi connectivity index (χ1) is 12.0. The Labute approximate surface area is 147 Å². The highest BCUT2D eigenvalue weighted by Crippen LogP contribution is 2.36. The van der Waals surface area contributed by atoms with Crippen LogP contribution in [0.1, 0.15) is 0 Å². The molecular formula is C18H17NO5S. The van der Waals surface area contributed by atoms with Gasteiger partial charge in [0, 0.05) is 36.5 Å². The summed E-state index contributed by atoms with van der Waals surface area (Å²) in [5.41, 5.74) is 1.52. The van der Waals surface area contributed by atoms with Gasteiger partial charge in [-0.05, 0) is 24.3 Å². The Morgan fingerprint density at radius 2 is 1.84 bits per heavy atom. The maximum absolute atomic E-state index is 11.9. The third-order valence-electron chi connectivity index (χ3n) is 3.73. The summed E-state index contributed by atoms with van der Waals surface area (Å²) in [4.78, 5) is 13.7. The molecule has 0 spiro atoms. The highest BCUT2D eigenvalue weighted by molar-refractivity contribution is 7.79. The minimum absolute atomic E-state index is 0.361. The number of anilines is 2. The van der Waals surface area contributed by atoms with Crippen molar-refractivity contribution in [1.82, 2.24) is 0 Å². The Morgan fingerprint density at radius 3 is 2.56 bits per heavy atom. The van der Waals surface area contributed by atoms with Crippen molar-refractivity contribution >= 4 is 33.4 Å². The summed E-state index contributed by atoms with van der Waals surface area (Å²) in [6.07, 6.45) is 1.44. The van der Waals surface area contributed by atoms with E-state index in [0.717, 1.165) is 11.1 Å². The van der Waals surface area contributed by atoms with Crippen LogP contribution >= 0.6 is 0 Å². The molecule has 1 unspecified atom stereocenters. The summed E-state index contributed by atoms with van der Waals surface area (Å²) < 4.78 is 27.2. The van der Waals surface area contributed by atoms with E-state index in [1.165, 1.54) is 19.4 Å². The third kappa shape index (κ3) is 3.51. The molecule has 0 saturated carbocycles. The van der Waals surface area contributed by atoms with E-state index in [4.69, 9.17) is 13.3 Å². The molecule has 6 nitrogen and oxygen atoms in total.